The minimum atomic E-state index is -0.254. The first-order valence-electron chi connectivity index (χ1n) is 10.9. The van der Waals surface area contributed by atoms with E-state index in [4.69, 9.17) is 4.74 Å². The summed E-state index contributed by atoms with van der Waals surface area (Å²) in [6.45, 7) is 6.36. The normalized spacial score (nSPS) is 15.8. The van der Waals surface area contributed by atoms with E-state index in [0.717, 1.165) is 12.8 Å². The fourth-order valence-electron chi connectivity index (χ4n) is 4.33. The summed E-state index contributed by atoms with van der Waals surface area (Å²) in [5.41, 5.74) is 1.18. The van der Waals surface area contributed by atoms with E-state index >= 15 is 0 Å². The van der Waals surface area contributed by atoms with E-state index in [-0.39, 0.29) is 22.8 Å². The number of rotatable bonds is 6. The Balaban J connectivity index is 1.66. The van der Waals surface area contributed by atoms with Crippen LogP contribution in [0.4, 0.5) is 0 Å². The monoisotopic (exact) mass is 419 g/mol. The van der Waals surface area contributed by atoms with Crippen molar-refractivity contribution in [2.24, 2.45) is 5.92 Å². The molecule has 0 aliphatic carbocycles. The van der Waals surface area contributed by atoms with Gasteiger partial charge in [-0.3, -0.25) is 9.59 Å². The highest BCUT2D eigenvalue weighted by molar-refractivity contribution is 6.04. The van der Waals surface area contributed by atoms with Crippen molar-refractivity contribution < 1.29 is 9.53 Å². The van der Waals surface area contributed by atoms with Gasteiger partial charge in [0.25, 0.3) is 11.5 Å². The van der Waals surface area contributed by atoms with Crippen LogP contribution in [0.25, 0.3) is 10.8 Å². The maximum absolute atomic E-state index is 13.3. The third-order valence-electron chi connectivity index (χ3n) is 6.04. The lowest BCUT2D eigenvalue weighted by molar-refractivity contribution is 0.0486. The van der Waals surface area contributed by atoms with Gasteiger partial charge in [-0.15, -0.1) is 0 Å². The number of amides is 1. The SMILES string of the molecule is CC(C)Cn1nc(C(=O)NCC2(c3ccccc3)CCOCC2)c2ccccc2c1=O. The molecule has 31 heavy (non-hydrogen) atoms. The molecule has 1 aliphatic rings. The van der Waals surface area contributed by atoms with Crippen LogP contribution in [0.3, 0.4) is 0 Å². The largest absolute Gasteiger partial charge is 0.381 e. The average molecular weight is 420 g/mol. The maximum atomic E-state index is 13.3. The maximum Gasteiger partial charge on any atom is 0.274 e. The Labute approximate surface area is 182 Å². The molecule has 6 heteroatoms. The molecule has 1 saturated heterocycles. The first-order valence-corrected chi connectivity index (χ1v) is 10.9. The van der Waals surface area contributed by atoms with E-state index in [1.54, 1.807) is 12.1 Å². The van der Waals surface area contributed by atoms with Crippen molar-refractivity contribution in [2.45, 2.75) is 38.6 Å². The summed E-state index contributed by atoms with van der Waals surface area (Å²) in [4.78, 5) is 26.1. The van der Waals surface area contributed by atoms with Crippen LogP contribution in [0.5, 0.6) is 0 Å². The van der Waals surface area contributed by atoms with Gasteiger partial charge < -0.3 is 10.1 Å². The third kappa shape index (κ3) is 4.39. The molecule has 1 aliphatic heterocycles. The van der Waals surface area contributed by atoms with E-state index in [9.17, 15) is 9.59 Å². The summed E-state index contributed by atoms with van der Waals surface area (Å²) in [6, 6.07) is 17.5. The molecule has 3 aromatic rings. The molecule has 1 aromatic heterocycles. The van der Waals surface area contributed by atoms with E-state index in [2.05, 4.69) is 22.5 Å². The minimum Gasteiger partial charge on any atom is -0.381 e. The van der Waals surface area contributed by atoms with E-state index in [1.165, 1.54) is 10.2 Å². The van der Waals surface area contributed by atoms with Crippen molar-refractivity contribution in [3.8, 4) is 0 Å². The van der Waals surface area contributed by atoms with Crippen LogP contribution in [0.1, 0.15) is 42.7 Å². The minimum absolute atomic E-state index is 0.161. The predicted octanol–water partition coefficient (Wildman–Crippen LogP) is 3.53. The van der Waals surface area contributed by atoms with Crippen molar-refractivity contribution >= 4 is 16.7 Å². The van der Waals surface area contributed by atoms with E-state index in [1.807, 2.05) is 44.2 Å². The van der Waals surface area contributed by atoms with Crippen LogP contribution < -0.4 is 10.9 Å². The molecule has 0 spiro atoms. The molecular formula is C25H29N3O3. The Morgan fingerprint density at radius 3 is 2.39 bits per heavy atom. The summed E-state index contributed by atoms with van der Waals surface area (Å²) in [5, 5.41) is 8.70. The molecule has 2 heterocycles. The molecular weight excluding hydrogens is 390 g/mol. The van der Waals surface area contributed by atoms with Gasteiger partial charge in [-0.2, -0.15) is 5.10 Å². The zero-order valence-electron chi connectivity index (χ0n) is 18.1. The van der Waals surface area contributed by atoms with Crippen molar-refractivity contribution in [1.29, 1.82) is 0 Å². The number of fused-ring (bicyclic) bond motifs is 1. The number of hydrogen-bond acceptors (Lipinski definition) is 4. The topological polar surface area (TPSA) is 73.2 Å². The second-order valence-electron chi connectivity index (χ2n) is 8.72. The van der Waals surface area contributed by atoms with E-state index in [0.29, 0.717) is 42.8 Å². The fraction of sp³-hybridized carbons (Fsp3) is 0.400. The summed E-state index contributed by atoms with van der Waals surface area (Å²) in [5.74, 6) is -0.0126. The van der Waals surface area contributed by atoms with Gasteiger partial charge in [0.05, 0.1) is 5.39 Å². The highest BCUT2D eigenvalue weighted by Crippen LogP contribution is 2.34. The van der Waals surface area contributed by atoms with Crippen LogP contribution in [0, 0.1) is 5.92 Å². The molecule has 2 aromatic carbocycles. The van der Waals surface area contributed by atoms with Crippen molar-refractivity contribution in [3.05, 3.63) is 76.2 Å². The number of nitrogens with zero attached hydrogens (tertiary/aromatic N) is 2. The Morgan fingerprint density at radius 2 is 1.71 bits per heavy atom. The van der Waals surface area contributed by atoms with Gasteiger partial charge in [0, 0.05) is 37.1 Å². The molecule has 0 bridgehead atoms. The van der Waals surface area contributed by atoms with Gasteiger partial charge >= 0.3 is 0 Å². The van der Waals surface area contributed by atoms with Gasteiger partial charge in [0.2, 0.25) is 0 Å². The lowest BCUT2D eigenvalue weighted by Crippen LogP contribution is -2.45. The van der Waals surface area contributed by atoms with Crippen LogP contribution in [0.2, 0.25) is 0 Å². The molecule has 1 N–H and O–H groups in total. The number of ether oxygens (including phenoxy) is 1. The van der Waals surface area contributed by atoms with Gasteiger partial charge in [-0.1, -0.05) is 62.4 Å². The highest BCUT2D eigenvalue weighted by Gasteiger charge is 2.35. The summed E-state index contributed by atoms with van der Waals surface area (Å²) in [6.07, 6.45) is 1.69. The lowest BCUT2D eigenvalue weighted by Gasteiger charge is -2.38. The number of benzene rings is 2. The Kier molecular flexibility index (Phi) is 6.18. The highest BCUT2D eigenvalue weighted by atomic mass is 16.5. The van der Waals surface area contributed by atoms with E-state index < -0.39 is 0 Å². The van der Waals surface area contributed by atoms with Gasteiger partial charge in [-0.05, 0) is 30.4 Å². The van der Waals surface area contributed by atoms with Crippen molar-refractivity contribution in [1.82, 2.24) is 15.1 Å². The molecule has 0 radical (unpaired) electrons. The average Bonchev–Trinajstić information content (AvgIpc) is 2.80. The fourth-order valence-corrected chi connectivity index (χ4v) is 4.33. The zero-order chi connectivity index (χ0) is 21.8. The first kappa shape index (κ1) is 21.2. The summed E-state index contributed by atoms with van der Waals surface area (Å²) in [7, 11) is 0. The predicted molar refractivity (Wildman–Crippen MR) is 121 cm³/mol. The molecule has 162 valence electrons. The number of carbonyl (C=O) groups is 1. The number of nitrogens with one attached hydrogen (secondary N) is 1. The summed E-state index contributed by atoms with van der Waals surface area (Å²) < 4.78 is 7.02. The van der Waals surface area contributed by atoms with Gasteiger partial charge in [0.1, 0.15) is 0 Å². The zero-order valence-corrected chi connectivity index (χ0v) is 18.1. The molecule has 0 unspecified atom stereocenters. The summed E-state index contributed by atoms with van der Waals surface area (Å²) >= 11 is 0. The second-order valence-corrected chi connectivity index (χ2v) is 8.72. The number of hydrogen-bond donors (Lipinski definition) is 1. The van der Waals surface area contributed by atoms with Crippen LogP contribution >= 0.6 is 0 Å². The number of aromatic nitrogens is 2. The van der Waals surface area contributed by atoms with Crippen molar-refractivity contribution in [2.75, 3.05) is 19.8 Å². The smallest absolute Gasteiger partial charge is 0.274 e. The molecule has 1 fully saturated rings. The van der Waals surface area contributed by atoms with Gasteiger partial charge in [0.15, 0.2) is 5.69 Å². The van der Waals surface area contributed by atoms with Crippen molar-refractivity contribution in [3.63, 3.8) is 0 Å². The molecule has 4 rings (SSSR count). The van der Waals surface area contributed by atoms with Crippen LogP contribution in [-0.2, 0) is 16.7 Å². The van der Waals surface area contributed by atoms with Gasteiger partial charge in [-0.25, -0.2) is 4.68 Å². The quantitative estimate of drug-likeness (QED) is 0.663. The second kappa shape index (κ2) is 9.02. The standard InChI is InChI=1S/C25H29N3O3/c1-18(2)16-28-24(30)21-11-7-6-10-20(21)22(27-28)23(29)26-17-25(12-14-31-15-13-25)19-8-4-3-5-9-19/h3-11,18H,12-17H2,1-2H3,(H,26,29). The van der Waals surface area contributed by atoms with Crippen LogP contribution in [-0.4, -0.2) is 35.4 Å². The molecule has 0 atom stereocenters. The third-order valence-corrected chi connectivity index (χ3v) is 6.04. The Hall–Kier alpha value is -2.99. The lowest BCUT2D eigenvalue weighted by atomic mass is 9.74. The van der Waals surface area contributed by atoms with Crippen LogP contribution in [0.15, 0.2) is 59.4 Å². The molecule has 6 nitrogen and oxygen atoms in total. The first-order chi connectivity index (χ1) is 15.0. The Bertz CT molecular complexity index is 1120. The number of carbonyl (C=O) groups excluding carboxylic acids is 1. The Morgan fingerprint density at radius 1 is 1.06 bits per heavy atom. The molecule has 0 saturated carbocycles. The molecule has 1 amide bonds.